The van der Waals surface area contributed by atoms with Crippen molar-refractivity contribution in [3.05, 3.63) is 24.3 Å². The van der Waals surface area contributed by atoms with Crippen LogP contribution in [0.5, 0.6) is 0 Å². The Hall–Kier alpha value is -1.27. The largest absolute Gasteiger partial charge is 0.382 e. The van der Waals surface area contributed by atoms with Crippen LogP contribution in [0.3, 0.4) is 0 Å². The van der Waals surface area contributed by atoms with Crippen molar-refractivity contribution >= 4 is 21.4 Å². The Kier molecular flexibility index (Phi) is 4.55. The number of nitrogens with one attached hydrogen (secondary N) is 2. The summed E-state index contributed by atoms with van der Waals surface area (Å²) in [6, 6.07) is 7.68. The first-order chi connectivity index (χ1) is 9.32. The highest BCUT2D eigenvalue weighted by Gasteiger charge is 2.24. The average molecular weight is 298 g/mol. The topological polar surface area (TPSA) is 67.4 Å². The Labute approximate surface area is 120 Å². The summed E-state index contributed by atoms with van der Waals surface area (Å²) in [5.41, 5.74) is 1.50. The van der Waals surface area contributed by atoms with E-state index in [0.29, 0.717) is 11.7 Å². The first-order valence-electron chi connectivity index (χ1n) is 6.81. The summed E-state index contributed by atoms with van der Waals surface area (Å²) in [5.74, 6) is 0. The molecule has 20 heavy (non-hydrogen) atoms. The number of hydrogen-bond acceptors (Lipinski definition) is 4. The van der Waals surface area contributed by atoms with Crippen LogP contribution in [0.15, 0.2) is 24.3 Å². The molecule has 1 heterocycles. The molecule has 1 aromatic carbocycles. The minimum Gasteiger partial charge on any atom is -0.382 e. The van der Waals surface area contributed by atoms with Gasteiger partial charge in [-0.05, 0) is 44.9 Å². The van der Waals surface area contributed by atoms with Gasteiger partial charge in [-0.3, -0.25) is 4.72 Å². The Morgan fingerprint density at radius 3 is 2.35 bits per heavy atom. The van der Waals surface area contributed by atoms with Gasteiger partial charge in [0, 0.05) is 11.7 Å². The molecule has 0 radical (unpaired) electrons. The first kappa shape index (κ1) is 15.1. The number of hydrogen-bond donors (Lipinski definition) is 2. The molecule has 5 nitrogen and oxygen atoms in total. The number of anilines is 2. The maximum atomic E-state index is 11.2. The zero-order chi connectivity index (χ0) is 14.8. The number of ether oxygens (including phenoxy) is 1. The van der Waals surface area contributed by atoms with E-state index >= 15 is 0 Å². The van der Waals surface area contributed by atoms with Crippen LogP contribution >= 0.6 is 0 Å². The van der Waals surface area contributed by atoms with E-state index in [0.717, 1.165) is 24.8 Å². The summed E-state index contributed by atoms with van der Waals surface area (Å²) in [6.45, 7) is 4.15. The third-order valence-corrected chi connectivity index (χ3v) is 3.84. The van der Waals surface area contributed by atoms with Crippen LogP contribution < -0.4 is 10.0 Å². The van der Waals surface area contributed by atoms with E-state index in [-0.39, 0.29) is 12.2 Å². The van der Waals surface area contributed by atoms with Gasteiger partial charge in [0.2, 0.25) is 10.0 Å². The molecule has 1 aliphatic rings. The van der Waals surface area contributed by atoms with E-state index in [1.54, 1.807) is 6.07 Å². The summed E-state index contributed by atoms with van der Waals surface area (Å²) in [6.07, 6.45) is 3.54. The monoisotopic (exact) mass is 298 g/mol. The minimum atomic E-state index is -3.24. The molecular formula is C14H22N2O3S. The normalized spacial score (nSPS) is 27.1. The Morgan fingerprint density at radius 1 is 1.15 bits per heavy atom. The smallest absolute Gasteiger partial charge is 0.229 e. The summed E-state index contributed by atoms with van der Waals surface area (Å²) in [7, 11) is -3.24. The van der Waals surface area contributed by atoms with Gasteiger partial charge in [0.15, 0.2) is 0 Å². The van der Waals surface area contributed by atoms with E-state index < -0.39 is 10.0 Å². The van der Waals surface area contributed by atoms with E-state index in [1.165, 1.54) is 0 Å². The van der Waals surface area contributed by atoms with Crippen molar-refractivity contribution in [1.82, 2.24) is 0 Å². The SMILES string of the molecule is CC1CC(Nc2cccc(NS(C)(=O)=O)c2)CC(C)O1. The van der Waals surface area contributed by atoms with Gasteiger partial charge in [-0.25, -0.2) is 8.42 Å². The number of benzene rings is 1. The molecule has 0 amide bonds. The number of rotatable bonds is 4. The van der Waals surface area contributed by atoms with Gasteiger partial charge in [0.05, 0.1) is 24.2 Å². The molecule has 1 aliphatic heterocycles. The van der Waals surface area contributed by atoms with Crippen LogP contribution in [0.25, 0.3) is 0 Å². The van der Waals surface area contributed by atoms with Crippen LogP contribution in [0.4, 0.5) is 11.4 Å². The van der Waals surface area contributed by atoms with E-state index in [2.05, 4.69) is 23.9 Å². The van der Waals surface area contributed by atoms with Crippen LogP contribution in [0.1, 0.15) is 26.7 Å². The van der Waals surface area contributed by atoms with Crippen molar-refractivity contribution in [2.75, 3.05) is 16.3 Å². The van der Waals surface area contributed by atoms with Gasteiger partial charge in [-0.1, -0.05) is 6.07 Å². The lowest BCUT2D eigenvalue weighted by Crippen LogP contribution is -2.36. The molecule has 6 heteroatoms. The van der Waals surface area contributed by atoms with Gasteiger partial charge >= 0.3 is 0 Å². The fraction of sp³-hybridized carbons (Fsp3) is 0.571. The van der Waals surface area contributed by atoms with Crippen molar-refractivity contribution in [2.45, 2.75) is 44.9 Å². The van der Waals surface area contributed by atoms with Crippen molar-refractivity contribution in [3.63, 3.8) is 0 Å². The van der Waals surface area contributed by atoms with Crippen LogP contribution in [-0.4, -0.2) is 32.9 Å². The predicted octanol–water partition coefficient (Wildman–Crippen LogP) is 2.43. The Morgan fingerprint density at radius 2 is 1.75 bits per heavy atom. The van der Waals surface area contributed by atoms with Gasteiger partial charge in [-0.15, -0.1) is 0 Å². The fourth-order valence-corrected chi connectivity index (χ4v) is 3.20. The first-order valence-corrected chi connectivity index (χ1v) is 8.71. The molecule has 2 atom stereocenters. The van der Waals surface area contributed by atoms with Crippen molar-refractivity contribution < 1.29 is 13.2 Å². The molecule has 0 saturated carbocycles. The van der Waals surface area contributed by atoms with Crippen molar-refractivity contribution in [1.29, 1.82) is 0 Å². The summed E-state index contributed by atoms with van der Waals surface area (Å²) in [5, 5.41) is 3.45. The van der Waals surface area contributed by atoms with Crippen molar-refractivity contribution in [2.24, 2.45) is 0 Å². The Balaban J connectivity index is 2.04. The summed E-state index contributed by atoms with van der Waals surface area (Å²) in [4.78, 5) is 0. The van der Waals surface area contributed by atoms with E-state index in [4.69, 9.17) is 4.74 Å². The van der Waals surface area contributed by atoms with E-state index in [9.17, 15) is 8.42 Å². The Bertz CT molecular complexity index is 549. The fourth-order valence-electron chi connectivity index (χ4n) is 2.65. The molecule has 1 saturated heterocycles. The molecule has 112 valence electrons. The van der Waals surface area contributed by atoms with E-state index in [1.807, 2.05) is 18.2 Å². The van der Waals surface area contributed by atoms with Crippen LogP contribution in [-0.2, 0) is 14.8 Å². The molecule has 2 N–H and O–H groups in total. The minimum absolute atomic E-state index is 0.244. The third-order valence-electron chi connectivity index (χ3n) is 3.23. The summed E-state index contributed by atoms with van der Waals surface area (Å²) >= 11 is 0. The summed E-state index contributed by atoms with van der Waals surface area (Å²) < 4.78 is 30.7. The molecule has 1 aromatic rings. The maximum Gasteiger partial charge on any atom is 0.229 e. The van der Waals surface area contributed by atoms with Crippen LogP contribution in [0.2, 0.25) is 0 Å². The highest BCUT2D eigenvalue weighted by molar-refractivity contribution is 7.92. The molecular weight excluding hydrogens is 276 g/mol. The zero-order valence-electron chi connectivity index (χ0n) is 12.1. The molecule has 1 fully saturated rings. The van der Waals surface area contributed by atoms with Gasteiger partial charge in [0.25, 0.3) is 0 Å². The van der Waals surface area contributed by atoms with Gasteiger partial charge in [0.1, 0.15) is 0 Å². The third kappa shape index (κ3) is 4.68. The average Bonchev–Trinajstić information content (AvgIpc) is 2.25. The molecule has 0 spiro atoms. The molecule has 2 rings (SSSR count). The lowest BCUT2D eigenvalue weighted by Gasteiger charge is -2.33. The lowest BCUT2D eigenvalue weighted by molar-refractivity contribution is -0.0337. The second-order valence-electron chi connectivity index (χ2n) is 5.53. The maximum absolute atomic E-state index is 11.2. The molecule has 0 aromatic heterocycles. The van der Waals surface area contributed by atoms with Gasteiger partial charge in [-0.2, -0.15) is 0 Å². The highest BCUT2D eigenvalue weighted by Crippen LogP contribution is 2.24. The molecule has 0 bridgehead atoms. The highest BCUT2D eigenvalue weighted by atomic mass is 32.2. The zero-order valence-corrected chi connectivity index (χ0v) is 12.9. The second kappa shape index (κ2) is 6.01. The number of sulfonamides is 1. The standard InChI is InChI=1S/C14H22N2O3S/c1-10-7-14(8-11(2)19-10)15-12-5-4-6-13(9-12)16-20(3,17)18/h4-6,9-11,14-16H,7-8H2,1-3H3. The van der Waals surface area contributed by atoms with Gasteiger partial charge < -0.3 is 10.1 Å². The quantitative estimate of drug-likeness (QED) is 0.896. The molecule has 2 unspecified atom stereocenters. The lowest BCUT2D eigenvalue weighted by atomic mass is 9.99. The predicted molar refractivity (Wildman–Crippen MR) is 81.6 cm³/mol. The second-order valence-corrected chi connectivity index (χ2v) is 7.27. The van der Waals surface area contributed by atoms with Crippen molar-refractivity contribution in [3.8, 4) is 0 Å². The molecule has 0 aliphatic carbocycles. The van der Waals surface area contributed by atoms with Crippen LogP contribution in [0, 0.1) is 0 Å².